The van der Waals surface area contributed by atoms with Crippen LogP contribution in [-0.4, -0.2) is 27.0 Å². The molecule has 0 radical (unpaired) electrons. The van der Waals surface area contributed by atoms with Crippen LogP contribution >= 0.6 is 11.3 Å². The number of amides is 1. The zero-order chi connectivity index (χ0) is 15.5. The summed E-state index contributed by atoms with van der Waals surface area (Å²) in [5, 5.41) is 9.30. The lowest BCUT2D eigenvalue weighted by atomic mass is 10.2. The van der Waals surface area contributed by atoms with Crippen molar-refractivity contribution in [3.05, 3.63) is 41.2 Å². The second-order valence-electron chi connectivity index (χ2n) is 4.82. The average molecular weight is 318 g/mol. The van der Waals surface area contributed by atoms with Gasteiger partial charge in [0.1, 0.15) is 5.82 Å². The molecule has 3 aromatic rings. The molecule has 0 bridgehead atoms. The summed E-state index contributed by atoms with van der Waals surface area (Å²) in [6.45, 7) is 2.40. The Bertz CT molecular complexity index is 794. The number of carbonyl (C=O) groups excluding carboxylic acids is 1. The average Bonchev–Trinajstić information content (AvgIpc) is 3.09. The number of hydrogen-bond acceptors (Lipinski definition) is 4. The zero-order valence-electron chi connectivity index (χ0n) is 12.0. The summed E-state index contributed by atoms with van der Waals surface area (Å²) in [6, 6.07) is 6.11. The molecule has 0 aliphatic rings. The molecule has 0 spiro atoms. The molecule has 0 atom stereocenters. The fourth-order valence-electron chi connectivity index (χ4n) is 2.07. The topological polar surface area (TPSA) is 59.3 Å². The first-order valence-corrected chi connectivity index (χ1v) is 7.91. The summed E-state index contributed by atoms with van der Waals surface area (Å²) in [7, 11) is 0. The lowest BCUT2D eigenvalue weighted by molar-refractivity contribution is -0.120. The molecule has 2 heterocycles. The first-order chi connectivity index (χ1) is 10.7. The minimum absolute atomic E-state index is 0.0389. The maximum atomic E-state index is 13.0. The van der Waals surface area contributed by atoms with Crippen LogP contribution in [0.15, 0.2) is 29.6 Å². The first-order valence-electron chi connectivity index (χ1n) is 7.03. The molecule has 2 aromatic heterocycles. The van der Waals surface area contributed by atoms with Crippen LogP contribution in [0.2, 0.25) is 0 Å². The van der Waals surface area contributed by atoms with Crippen molar-refractivity contribution in [2.75, 3.05) is 6.54 Å². The molecule has 114 valence electrons. The Balaban J connectivity index is 1.79. The van der Waals surface area contributed by atoms with Crippen LogP contribution in [0.25, 0.3) is 16.3 Å². The van der Waals surface area contributed by atoms with E-state index < -0.39 is 0 Å². The van der Waals surface area contributed by atoms with Crippen molar-refractivity contribution in [1.29, 1.82) is 0 Å². The smallest absolute Gasteiger partial charge is 0.219 e. The predicted octanol–water partition coefficient (Wildman–Crippen LogP) is 2.67. The van der Waals surface area contributed by atoms with Crippen LogP contribution in [0.3, 0.4) is 0 Å². The summed E-state index contributed by atoms with van der Waals surface area (Å²) in [5.41, 5.74) is 1.78. The SMILES string of the molecule is CCC(=O)NCCc1csc2nc(-c3ccc(F)cc3)nn12. The van der Waals surface area contributed by atoms with E-state index in [9.17, 15) is 9.18 Å². The van der Waals surface area contributed by atoms with Gasteiger partial charge in [-0.1, -0.05) is 6.92 Å². The standard InChI is InChI=1S/C15H15FN4OS/c1-2-13(21)17-8-7-12-9-22-15-18-14(19-20(12)15)10-3-5-11(16)6-4-10/h3-6,9H,2,7-8H2,1H3,(H,17,21). The molecule has 0 unspecified atom stereocenters. The molecular formula is C15H15FN4OS. The van der Waals surface area contributed by atoms with E-state index in [1.54, 1.807) is 16.6 Å². The Morgan fingerprint density at radius 1 is 1.36 bits per heavy atom. The highest BCUT2D eigenvalue weighted by molar-refractivity contribution is 7.15. The van der Waals surface area contributed by atoms with Crippen molar-refractivity contribution in [1.82, 2.24) is 19.9 Å². The van der Waals surface area contributed by atoms with E-state index in [0.29, 0.717) is 25.2 Å². The molecular weight excluding hydrogens is 303 g/mol. The number of nitrogens with one attached hydrogen (secondary N) is 1. The Hall–Kier alpha value is -2.28. The quantitative estimate of drug-likeness (QED) is 0.787. The predicted molar refractivity (Wildman–Crippen MR) is 83.3 cm³/mol. The van der Waals surface area contributed by atoms with Gasteiger partial charge in [-0.15, -0.1) is 16.4 Å². The van der Waals surface area contributed by atoms with Crippen LogP contribution in [-0.2, 0) is 11.2 Å². The summed E-state index contributed by atoms with van der Waals surface area (Å²) < 4.78 is 14.7. The van der Waals surface area contributed by atoms with Crippen molar-refractivity contribution in [2.45, 2.75) is 19.8 Å². The monoisotopic (exact) mass is 318 g/mol. The number of benzene rings is 1. The third-order valence-electron chi connectivity index (χ3n) is 3.28. The normalized spacial score (nSPS) is 11.0. The van der Waals surface area contributed by atoms with Crippen LogP contribution in [0.5, 0.6) is 0 Å². The van der Waals surface area contributed by atoms with Crippen molar-refractivity contribution in [3.8, 4) is 11.4 Å². The fraction of sp³-hybridized carbons (Fsp3) is 0.267. The van der Waals surface area contributed by atoms with Gasteiger partial charge in [0, 0.05) is 30.3 Å². The van der Waals surface area contributed by atoms with Gasteiger partial charge in [-0.05, 0) is 24.3 Å². The highest BCUT2D eigenvalue weighted by Crippen LogP contribution is 2.21. The van der Waals surface area contributed by atoms with Crippen molar-refractivity contribution in [2.24, 2.45) is 0 Å². The van der Waals surface area contributed by atoms with Gasteiger partial charge in [-0.2, -0.15) is 4.98 Å². The van der Waals surface area contributed by atoms with Gasteiger partial charge in [0.2, 0.25) is 10.9 Å². The van der Waals surface area contributed by atoms with Crippen LogP contribution in [0.4, 0.5) is 4.39 Å². The lowest BCUT2D eigenvalue weighted by Crippen LogP contribution is -2.24. The molecule has 22 heavy (non-hydrogen) atoms. The van der Waals surface area contributed by atoms with Gasteiger partial charge in [0.15, 0.2) is 5.82 Å². The van der Waals surface area contributed by atoms with Gasteiger partial charge in [-0.25, -0.2) is 8.91 Å². The number of halogens is 1. The lowest BCUT2D eigenvalue weighted by Gasteiger charge is -2.01. The largest absolute Gasteiger partial charge is 0.356 e. The molecule has 1 amide bonds. The molecule has 3 rings (SSSR count). The minimum atomic E-state index is -0.280. The van der Waals surface area contributed by atoms with Gasteiger partial charge in [-0.3, -0.25) is 4.79 Å². The van der Waals surface area contributed by atoms with Crippen molar-refractivity contribution in [3.63, 3.8) is 0 Å². The second-order valence-corrected chi connectivity index (χ2v) is 5.65. The number of fused-ring (bicyclic) bond motifs is 1. The van der Waals surface area contributed by atoms with E-state index in [1.807, 2.05) is 12.3 Å². The second kappa shape index (κ2) is 6.23. The van der Waals surface area contributed by atoms with Crippen molar-refractivity contribution >= 4 is 22.2 Å². The van der Waals surface area contributed by atoms with E-state index in [-0.39, 0.29) is 11.7 Å². The number of nitrogens with zero attached hydrogens (tertiary/aromatic N) is 3. The molecule has 1 aromatic carbocycles. The molecule has 0 fully saturated rings. The number of aromatic nitrogens is 3. The Morgan fingerprint density at radius 2 is 2.14 bits per heavy atom. The summed E-state index contributed by atoms with van der Waals surface area (Å²) in [5.74, 6) is 0.333. The van der Waals surface area contributed by atoms with Gasteiger partial charge in [0.25, 0.3) is 0 Å². The molecule has 0 aliphatic carbocycles. The minimum Gasteiger partial charge on any atom is -0.356 e. The molecule has 0 aliphatic heterocycles. The van der Waals surface area contributed by atoms with E-state index in [4.69, 9.17) is 0 Å². The number of rotatable bonds is 5. The third-order valence-corrected chi connectivity index (χ3v) is 4.14. The number of hydrogen-bond donors (Lipinski definition) is 1. The molecule has 5 nitrogen and oxygen atoms in total. The van der Waals surface area contributed by atoms with E-state index in [0.717, 1.165) is 16.2 Å². The Labute approximate surface area is 130 Å². The van der Waals surface area contributed by atoms with E-state index >= 15 is 0 Å². The fourth-order valence-corrected chi connectivity index (χ4v) is 2.93. The van der Waals surface area contributed by atoms with Gasteiger partial charge >= 0.3 is 0 Å². The van der Waals surface area contributed by atoms with Crippen LogP contribution < -0.4 is 5.32 Å². The summed E-state index contributed by atoms with van der Waals surface area (Å²) in [4.78, 5) is 16.5. The van der Waals surface area contributed by atoms with E-state index in [1.165, 1.54) is 23.5 Å². The van der Waals surface area contributed by atoms with Crippen molar-refractivity contribution < 1.29 is 9.18 Å². The maximum Gasteiger partial charge on any atom is 0.219 e. The van der Waals surface area contributed by atoms with Crippen LogP contribution in [0.1, 0.15) is 19.0 Å². The summed E-state index contributed by atoms with van der Waals surface area (Å²) >= 11 is 1.50. The first kappa shape index (κ1) is 14.6. The van der Waals surface area contributed by atoms with E-state index in [2.05, 4.69) is 15.4 Å². The highest BCUT2D eigenvalue weighted by Gasteiger charge is 2.11. The molecule has 0 saturated heterocycles. The zero-order valence-corrected chi connectivity index (χ0v) is 12.9. The Kier molecular flexibility index (Phi) is 4.15. The van der Waals surface area contributed by atoms with Gasteiger partial charge < -0.3 is 5.32 Å². The molecule has 0 saturated carbocycles. The Morgan fingerprint density at radius 3 is 2.86 bits per heavy atom. The maximum absolute atomic E-state index is 13.0. The highest BCUT2D eigenvalue weighted by atomic mass is 32.1. The number of carbonyl (C=O) groups is 1. The van der Waals surface area contributed by atoms with Crippen LogP contribution in [0, 0.1) is 5.82 Å². The summed E-state index contributed by atoms with van der Waals surface area (Å²) in [6.07, 6.45) is 1.18. The molecule has 7 heteroatoms. The number of thiazole rings is 1. The van der Waals surface area contributed by atoms with Gasteiger partial charge in [0.05, 0.1) is 5.69 Å². The molecule has 1 N–H and O–H groups in total. The third kappa shape index (κ3) is 2.99.